The Bertz CT molecular complexity index is 259. The Balaban J connectivity index is 2.49. The van der Waals surface area contributed by atoms with Crippen LogP contribution >= 0.6 is 11.5 Å². The van der Waals surface area contributed by atoms with Gasteiger partial charge in [0.2, 0.25) is 5.91 Å². The van der Waals surface area contributed by atoms with Crippen molar-refractivity contribution in [2.45, 2.75) is 13.3 Å². The maximum absolute atomic E-state index is 11.4. The van der Waals surface area contributed by atoms with Gasteiger partial charge in [0.25, 0.3) is 0 Å². The zero-order valence-corrected chi connectivity index (χ0v) is 8.04. The van der Waals surface area contributed by atoms with Crippen molar-refractivity contribution in [1.82, 2.24) is 9.59 Å². The topological polar surface area (TPSA) is 75.1 Å². The standard InChI is InChI=1S/C7H11N3O2S/c1-2-5(4-11)7(12)9-6-3-8-10-13-6/h3,5,11H,2,4H2,1H3,(H,9,12). The van der Waals surface area contributed by atoms with E-state index in [2.05, 4.69) is 14.9 Å². The van der Waals surface area contributed by atoms with Gasteiger partial charge in [-0.1, -0.05) is 11.4 Å². The van der Waals surface area contributed by atoms with E-state index in [-0.39, 0.29) is 18.4 Å². The summed E-state index contributed by atoms with van der Waals surface area (Å²) in [6.45, 7) is 1.72. The van der Waals surface area contributed by atoms with Gasteiger partial charge in [-0.2, -0.15) is 0 Å². The SMILES string of the molecule is CCC(CO)C(=O)Nc1cnns1. The van der Waals surface area contributed by atoms with E-state index in [1.54, 1.807) is 0 Å². The third-order valence-electron chi connectivity index (χ3n) is 1.69. The van der Waals surface area contributed by atoms with Crippen LogP contribution in [0.1, 0.15) is 13.3 Å². The first-order chi connectivity index (χ1) is 6.27. The molecule has 1 atom stereocenters. The van der Waals surface area contributed by atoms with E-state index in [1.165, 1.54) is 6.20 Å². The Morgan fingerprint density at radius 1 is 1.85 bits per heavy atom. The van der Waals surface area contributed by atoms with E-state index < -0.39 is 0 Å². The Morgan fingerprint density at radius 3 is 3.08 bits per heavy atom. The van der Waals surface area contributed by atoms with Gasteiger partial charge in [0.1, 0.15) is 5.00 Å². The minimum Gasteiger partial charge on any atom is -0.396 e. The minimum atomic E-state index is -0.345. The molecule has 0 saturated heterocycles. The van der Waals surface area contributed by atoms with Crippen LogP contribution in [0.4, 0.5) is 5.00 Å². The second-order valence-electron chi connectivity index (χ2n) is 2.56. The van der Waals surface area contributed by atoms with Crippen LogP contribution in [0.15, 0.2) is 6.20 Å². The normalized spacial score (nSPS) is 12.5. The van der Waals surface area contributed by atoms with Crippen LogP contribution in [0.5, 0.6) is 0 Å². The lowest BCUT2D eigenvalue weighted by atomic mass is 10.1. The summed E-state index contributed by atoms with van der Waals surface area (Å²) in [5.41, 5.74) is 0. The molecule has 1 aromatic heterocycles. The van der Waals surface area contributed by atoms with Crippen molar-refractivity contribution in [3.8, 4) is 0 Å². The molecule has 0 radical (unpaired) electrons. The molecule has 1 aromatic rings. The Hall–Kier alpha value is -1.01. The third-order valence-corrected chi connectivity index (χ3v) is 2.27. The molecule has 0 aliphatic rings. The first kappa shape index (κ1) is 10.1. The van der Waals surface area contributed by atoms with Crippen molar-refractivity contribution in [1.29, 1.82) is 0 Å². The first-order valence-electron chi connectivity index (χ1n) is 3.97. The van der Waals surface area contributed by atoms with Crippen LogP contribution in [0, 0.1) is 5.92 Å². The van der Waals surface area contributed by atoms with Crippen LogP contribution in [0.2, 0.25) is 0 Å². The van der Waals surface area contributed by atoms with Crippen molar-refractivity contribution >= 4 is 22.4 Å². The molecule has 0 spiro atoms. The molecule has 0 aromatic carbocycles. The van der Waals surface area contributed by atoms with Crippen molar-refractivity contribution in [3.63, 3.8) is 0 Å². The summed E-state index contributed by atoms with van der Waals surface area (Å²) in [5.74, 6) is -0.529. The van der Waals surface area contributed by atoms with Gasteiger partial charge in [-0.25, -0.2) is 0 Å². The summed E-state index contributed by atoms with van der Waals surface area (Å²) in [6, 6.07) is 0. The molecule has 0 aliphatic heterocycles. The number of anilines is 1. The van der Waals surface area contributed by atoms with Crippen molar-refractivity contribution in [2.24, 2.45) is 5.92 Å². The monoisotopic (exact) mass is 201 g/mol. The third kappa shape index (κ3) is 2.74. The molecule has 1 amide bonds. The van der Waals surface area contributed by atoms with Crippen LogP contribution in [-0.2, 0) is 4.79 Å². The lowest BCUT2D eigenvalue weighted by Crippen LogP contribution is -2.24. The van der Waals surface area contributed by atoms with E-state index >= 15 is 0 Å². The van der Waals surface area contributed by atoms with Gasteiger partial charge in [0.05, 0.1) is 18.7 Å². The predicted molar refractivity (Wildman–Crippen MR) is 49.4 cm³/mol. The number of carbonyl (C=O) groups excluding carboxylic acids is 1. The highest BCUT2D eigenvalue weighted by Crippen LogP contribution is 2.12. The predicted octanol–water partition coefficient (Wildman–Crippen LogP) is 0.495. The molecule has 0 fully saturated rings. The van der Waals surface area contributed by atoms with Gasteiger partial charge in [-0.3, -0.25) is 4.79 Å². The summed E-state index contributed by atoms with van der Waals surface area (Å²) in [5, 5.41) is 15.6. The number of nitrogens with one attached hydrogen (secondary N) is 1. The zero-order chi connectivity index (χ0) is 9.68. The fraction of sp³-hybridized carbons (Fsp3) is 0.571. The Labute approximate surface area is 80.0 Å². The minimum absolute atomic E-state index is 0.130. The fourth-order valence-electron chi connectivity index (χ4n) is 0.843. The number of aliphatic hydroxyl groups is 1. The van der Waals surface area contributed by atoms with Gasteiger partial charge < -0.3 is 10.4 Å². The van der Waals surface area contributed by atoms with Gasteiger partial charge in [-0.05, 0) is 6.42 Å². The van der Waals surface area contributed by atoms with E-state index in [9.17, 15) is 4.79 Å². The van der Waals surface area contributed by atoms with Crippen LogP contribution < -0.4 is 5.32 Å². The molecule has 5 nitrogen and oxygen atoms in total. The Kier molecular flexibility index (Phi) is 3.78. The molecule has 0 aliphatic carbocycles. The molecule has 0 saturated carbocycles. The van der Waals surface area contributed by atoms with Gasteiger partial charge in [0.15, 0.2) is 0 Å². The van der Waals surface area contributed by atoms with E-state index in [4.69, 9.17) is 5.11 Å². The summed E-state index contributed by atoms with van der Waals surface area (Å²) in [7, 11) is 0. The molecular formula is C7H11N3O2S. The number of amides is 1. The number of aromatic nitrogens is 2. The highest BCUT2D eigenvalue weighted by Gasteiger charge is 2.15. The quantitative estimate of drug-likeness (QED) is 0.743. The van der Waals surface area contributed by atoms with Gasteiger partial charge in [0, 0.05) is 11.5 Å². The highest BCUT2D eigenvalue weighted by molar-refractivity contribution is 7.10. The van der Waals surface area contributed by atoms with Gasteiger partial charge >= 0.3 is 0 Å². The fourth-order valence-corrected chi connectivity index (χ4v) is 1.27. The maximum atomic E-state index is 11.4. The van der Waals surface area contributed by atoms with Crippen molar-refractivity contribution in [2.75, 3.05) is 11.9 Å². The van der Waals surface area contributed by atoms with E-state index in [0.29, 0.717) is 11.4 Å². The molecule has 72 valence electrons. The van der Waals surface area contributed by atoms with Crippen molar-refractivity contribution < 1.29 is 9.90 Å². The number of carbonyl (C=O) groups is 1. The highest BCUT2D eigenvalue weighted by atomic mass is 32.1. The van der Waals surface area contributed by atoms with E-state index in [0.717, 1.165) is 11.5 Å². The number of hydrogen-bond donors (Lipinski definition) is 2. The number of nitrogens with zero attached hydrogens (tertiary/aromatic N) is 2. The molecule has 13 heavy (non-hydrogen) atoms. The second-order valence-corrected chi connectivity index (χ2v) is 3.34. The van der Waals surface area contributed by atoms with Gasteiger partial charge in [-0.15, -0.1) is 5.10 Å². The maximum Gasteiger partial charge on any atom is 0.230 e. The van der Waals surface area contributed by atoms with Crippen LogP contribution in [0.25, 0.3) is 0 Å². The average molecular weight is 201 g/mol. The number of hydrogen-bond acceptors (Lipinski definition) is 5. The first-order valence-corrected chi connectivity index (χ1v) is 4.74. The lowest BCUT2D eigenvalue weighted by Gasteiger charge is -2.09. The lowest BCUT2D eigenvalue weighted by molar-refractivity contribution is -0.121. The Morgan fingerprint density at radius 2 is 2.62 bits per heavy atom. The molecule has 2 N–H and O–H groups in total. The van der Waals surface area contributed by atoms with Crippen LogP contribution in [-0.4, -0.2) is 27.2 Å². The van der Waals surface area contributed by atoms with E-state index in [1.807, 2.05) is 6.92 Å². The summed E-state index contributed by atoms with van der Waals surface area (Å²) < 4.78 is 3.60. The molecule has 1 unspecified atom stereocenters. The summed E-state index contributed by atoms with van der Waals surface area (Å²) in [6.07, 6.45) is 2.10. The molecular weight excluding hydrogens is 190 g/mol. The number of rotatable bonds is 4. The number of aliphatic hydroxyl groups excluding tert-OH is 1. The molecule has 6 heteroatoms. The largest absolute Gasteiger partial charge is 0.396 e. The summed E-state index contributed by atoms with van der Waals surface area (Å²) in [4.78, 5) is 11.4. The molecule has 0 bridgehead atoms. The molecule has 1 rings (SSSR count). The second kappa shape index (κ2) is 4.88. The summed E-state index contributed by atoms with van der Waals surface area (Å²) >= 11 is 1.11. The van der Waals surface area contributed by atoms with Crippen LogP contribution in [0.3, 0.4) is 0 Å². The smallest absolute Gasteiger partial charge is 0.230 e. The van der Waals surface area contributed by atoms with Crippen molar-refractivity contribution in [3.05, 3.63) is 6.20 Å². The average Bonchev–Trinajstić information content (AvgIpc) is 2.59. The zero-order valence-electron chi connectivity index (χ0n) is 7.23. The molecule has 1 heterocycles.